The van der Waals surface area contributed by atoms with Gasteiger partial charge in [-0.2, -0.15) is 0 Å². The molecule has 4 heteroatoms. The first-order chi connectivity index (χ1) is 8.48. The molecule has 1 saturated heterocycles. The number of hydrogen-bond donors (Lipinski definition) is 1. The molecule has 0 aromatic heterocycles. The van der Waals surface area contributed by atoms with E-state index in [-0.39, 0.29) is 18.0 Å². The summed E-state index contributed by atoms with van der Waals surface area (Å²) in [7, 11) is 0. The first-order valence-electron chi connectivity index (χ1n) is 6.27. The summed E-state index contributed by atoms with van der Waals surface area (Å²) in [5.74, 6) is -0.686. The first-order valence-corrected chi connectivity index (χ1v) is 6.27. The van der Waals surface area contributed by atoms with Crippen LogP contribution in [0, 0.1) is 5.82 Å². The van der Waals surface area contributed by atoms with Crippen molar-refractivity contribution >= 4 is 0 Å². The van der Waals surface area contributed by atoms with Crippen molar-refractivity contribution in [2.75, 3.05) is 13.2 Å². The summed E-state index contributed by atoms with van der Waals surface area (Å²) < 4.78 is 24.7. The van der Waals surface area contributed by atoms with Crippen LogP contribution in [-0.2, 0) is 9.47 Å². The second-order valence-corrected chi connectivity index (χ2v) is 5.10. The highest BCUT2D eigenvalue weighted by atomic mass is 19.1. The van der Waals surface area contributed by atoms with Gasteiger partial charge in [-0.1, -0.05) is 18.2 Å². The third kappa shape index (κ3) is 3.28. The van der Waals surface area contributed by atoms with Crippen molar-refractivity contribution in [2.45, 2.75) is 38.7 Å². The molecular formula is C14H20FNO2. The molecular weight excluding hydrogens is 233 g/mol. The van der Waals surface area contributed by atoms with Crippen LogP contribution in [-0.4, -0.2) is 25.0 Å². The van der Waals surface area contributed by atoms with E-state index in [9.17, 15) is 4.39 Å². The summed E-state index contributed by atoms with van der Waals surface area (Å²) in [5, 5.41) is 3.27. The first kappa shape index (κ1) is 13.5. The summed E-state index contributed by atoms with van der Waals surface area (Å²) in [5.41, 5.74) is 0.677. The van der Waals surface area contributed by atoms with Gasteiger partial charge in [0.05, 0.1) is 12.7 Å². The zero-order valence-electron chi connectivity index (χ0n) is 11.1. The van der Waals surface area contributed by atoms with E-state index in [0.717, 1.165) is 0 Å². The lowest BCUT2D eigenvalue weighted by molar-refractivity contribution is -0.137. The van der Waals surface area contributed by atoms with Gasteiger partial charge < -0.3 is 14.8 Å². The average molecular weight is 253 g/mol. The lowest BCUT2D eigenvalue weighted by Gasteiger charge is -2.19. The van der Waals surface area contributed by atoms with Gasteiger partial charge in [0.15, 0.2) is 5.79 Å². The second-order valence-electron chi connectivity index (χ2n) is 5.10. The molecule has 1 N–H and O–H groups in total. The molecule has 0 spiro atoms. The van der Waals surface area contributed by atoms with Gasteiger partial charge in [0, 0.05) is 18.2 Å². The number of nitrogens with one attached hydrogen (secondary N) is 1. The number of hydrogen-bond acceptors (Lipinski definition) is 3. The number of rotatable bonds is 4. The number of benzene rings is 1. The Labute approximate surface area is 107 Å². The van der Waals surface area contributed by atoms with E-state index in [2.05, 4.69) is 5.32 Å². The molecule has 18 heavy (non-hydrogen) atoms. The SMILES string of the molecule is CC(NCC1COC(C)(C)O1)c1ccccc1F. The summed E-state index contributed by atoms with van der Waals surface area (Å²) in [4.78, 5) is 0. The van der Waals surface area contributed by atoms with Gasteiger partial charge in [-0.3, -0.25) is 0 Å². The molecule has 0 saturated carbocycles. The molecule has 1 aromatic rings. The summed E-state index contributed by atoms with van der Waals surface area (Å²) in [6, 6.07) is 6.77. The highest BCUT2D eigenvalue weighted by molar-refractivity contribution is 5.20. The Morgan fingerprint density at radius 1 is 1.44 bits per heavy atom. The maximum atomic E-state index is 13.6. The zero-order valence-corrected chi connectivity index (χ0v) is 11.1. The van der Waals surface area contributed by atoms with Gasteiger partial charge in [-0.05, 0) is 26.8 Å². The van der Waals surface area contributed by atoms with E-state index in [1.54, 1.807) is 12.1 Å². The van der Waals surface area contributed by atoms with Gasteiger partial charge >= 0.3 is 0 Å². The van der Waals surface area contributed by atoms with Crippen molar-refractivity contribution < 1.29 is 13.9 Å². The third-order valence-electron chi connectivity index (χ3n) is 3.09. The van der Waals surface area contributed by atoms with Crippen LogP contribution in [0.15, 0.2) is 24.3 Å². The summed E-state index contributed by atoms with van der Waals surface area (Å²) in [6.07, 6.45) is 0.0224. The molecule has 1 aromatic carbocycles. The molecule has 1 aliphatic heterocycles. The van der Waals surface area contributed by atoms with Crippen LogP contribution in [0.5, 0.6) is 0 Å². The predicted octanol–water partition coefficient (Wildman–Crippen LogP) is 2.63. The Balaban J connectivity index is 1.86. The van der Waals surface area contributed by atoms with Crippen LogP contribution in [0.2, 0.25) is 0 Å². The Kier molecular flexibility index (Phi) is 4.00. The van der Waals surface area contributed by atoms with Gasteiger partial charge in [0.25, 0.3) is 0 Å². The van der Waals surface area contributed by atoms with E-state index in [0.29, 0.717) is 18.7 Å². The van der Waals surface area contributed by atoms with Crippen LogP contribution in [0.1, 0.15) is 32.4 Å². The van der Waals surface area contributed by atoms with Crippen molar-refractivity contribution in [3.63, 3.8) is 0 Å². The van der Waals surface area contributed by atoms with Crippen LogP contribution in [0.25, 0.3) is 0 Å². The molecule has 1 fully saturated rings. The Morgan fingerprint density at radius 2 is 2.17 bits per heavy atom. The quantitative estimate of drug-likeness (QED) is 0.894. The molecule has 0 amide bonds. The maximum absolute atomic E-state index is 13.6. The van der Waals surface area contributed by atoms with Gasteiger partial charge in [-0.25, -0.2) is 4.39 Å². The van der Waals surface area contributed by atoms with E-state index in [1.807, 2.05) is 26.8 Å². The lowest BCUT2D eigenvalue weighted by atomic mass is 10.1. The third-order valence-corrected chi connectivity index (χ3v) is 3.09. The highest BCUT2D eigenvalue weighted by Gasteiger charge is 2.32. The Bertz CT molecular complexity index is 409. The van der Waals surface area contributed by atoms with E-state index < -0.39 is 5.79 Å². The topological polar surface area (TPSA) is 30.5 Å². The van der Waals surface area contributed by atoms with Crippen LogP contribution >= 0.6 is 0 Å². The van der Waals surface area contributed by atoms with Crippen LogP contribution in [0.3, 0.4) is 0 Å². The zero-order chi connectivity index (χ0) is 13.2. The van der Waals surface area contributed by atoms with Crippen molar-refractivity contribution in [2.24, 2.45) is 0 Å². The lowest BCUT2D eigenvalue weighted by Crippen LogP contribution is -2.32. The largest absolute Gasteiger partial charge is 0.348 e. The maximum Gasteiger partial charge on any atom is 0.163 e. The highest BCUT2D eigenvalue weighted by Crippen LogP contribution is 2.22. The molecule has 1 heterocycles. The van der Waals surface area contributed by atoms with Crippen LogP contribution < -0.4 is 5.32 Å². The number of ether oxygens (including phenoxy) is 2. The Morgan fingerprint density at radius 3 is 2.78 bits per heavy atom. The smallest absolute Gasteiger partial charge is 0.163 e. The molecule has 1 aliphatic rings. The average Bonchev–Trinajstić information content (AvgIpc) is 2.66. The molecule has 0 aliphatic carbocycles. The molecule has 100 valence electrons. The minimum atomic E-state index is -0.506. The fourth-order valence-corrected chi connectivity index (χ4v) is 2.11. The molecule has 2 atom stereocenters. The monoisotopic (exact) mass is 253 g/mol. The normalized spacial score (nSPS) is 24.1. The molecule has 3 nitrogen and oxygen atoms in total. The van der Waals surface area contributed by atoms with E-state index in [4.69, 9.17) is 9.47 Å². The fourth-order valence-electron chi connectivity index (χ4n) is 2.11. The van der Waals surface area contributed by atoms with Gasteiger partial charge in [0.1, 0.15) is 5.82 Å². The Hall–Kier alpha value is -0.970. The second kappa shape index (κ2) is 5.34. The minimum absolute atomic E-state index is 0.0224. The van der Waals surface area contributed by atoms with Crippen LogP contribution in [0.4, 0.5) is 4.39 Å². The molecule has 0 radical (unpaired) electrons. The van der Waals surface area contributed by atoms with Crippen molar-refractivity contribution in [3.8, 4) is 0 Å². The van der Waals surface area contributed by atoms with Crippen molar-refractivity contribution in [1.29, 1.82) is 0 Å². The summed E-state index contributed by atoms with van der Waals surface area (Å²) in [6.45, 7) is 6.96. The van der Waals surface area contributed by atoms with Gasteiger partial charge in [-0.15, -0.1) is 0 Å². The molecule has 0 bridgehead atoms. The van der Waals surface area contributed by atoms with E-state index >= 15 is 0 Å². The molecule has 2 rings (SSSR count). The van der Waals surface area contributed by atoms with Crippen molar-refractivity contribution in [3.05, 3.63) is 35.6 Å². The molecule has 2 unspecified atom stereocenters. The minimum Gasteiger partial charge on any atom is -0.348 e. The fraction of sp³-hybridized carbons (Fsp3) is 0.571. The summed E-state index contributed by atoms with van der Waals surface area (Å²) >= 11 is 0. The van der Waals surface area contributed by atoms with E-state index in [1.165, 1.54) is 6.07 Å². The van der Waals surface area contributed by atoms with Gasteiger partial charge in [0.2, 0.25) is 0 Å². The standard InChI is InChI=1S/C14H20FNO2/c1-10(12-6-4-5-7-13(12)15)16-8-11-9-17-14(2,3)18-11/h4-7,10-11,16H,8-9H2,1-3H3. The number of halogens is 1. The predicted molar refractivity (Wildman–Crippen MR) is 67.7 cm³/mol. The van der Waals surface area contributed by atoms with Crippen molar-refractivity contribution in [1.82, 2.24) is 5.32 Å².